The van der Waals surface area contributed by atoms with Gasteiger partial charge in [-0.05, 0) is 30.5 Å². The van der Waals surface area contributed by atoms with Crippen LogP contribution in [0.2, 0.25) is 0 Å². The summed E-state index contributed by atoms with van der Waals surface area (Å²) in [5, 5.41) is 4.06. The third-order valence-corrected chi connectivity index (χ3v) is 5.42. The summed E-state index contributed by atoms with van der Waals surface area (Å²) in [4.78, 5) is 25.4. The van der Waals surface area contributed by atoms with Crippen LogP contribution in [0, 0.1) is 12.7 Å². The van der Waals surface area contributed by atoms with E-state index in [1.54, 1.807) is 30.9 Å². The topological polar surface area (TPSA) is 101 Å². The van der Waals surface area contributed by atoms with Crippen LogP contribution in [-0.4, -0.2) is 35.8 Å². The van der Waals surface area contributed by atoms with Gasteiger partial charge in [-0.15, -0.1) is 0 Å². The third-order valence-electron chi connectivity index (χ3n) is 5.42. The number of aromatic nitrogens is 6. The number of nitrogens with zero attached hydrogens (tertiary/aromatic N) is 6. The normalized spacial score (nSPS) is 19.0. The molecule has 0 radical (unpaired) electrons. The number of ether oxygens (including phenoxy) is 1. The van der Waals surface area contributed by atoms with E-state index in [1.807, 2.05) is 6.07 Å². The van der Waals surface area contributed by atoms with Gasteiger partial charge in [0, 0.05) is 13.0 Å². The predicted molar refractivity (Wildman–Crippen MR) is 103 cm³/mol. The average molecular weight is 410 g/mol. The predicted octanol–water partition coefficient (Wildman–Crippen LogP) is 2.25. The molecule has 1 aromatic carbocycles. The van der Waals surface area contributed by atoms with E-state index in [-0.39, 0.29) is 29.9 Å². The van der Waals surface area contributed by atoms with Crippen LogP contribution in [-0.2, 0) is 18.3 Å². The van der Waals surface area contributed by atoms with Gasteiger partial charge in [0.1, 0.15) is 18.7 Å². The van der Waals surface area contributed by atoms with Crippen molar-refractivity contribution in [3.63, 3.8) is 0 Å². The summed E-state index contributed by atoms with van der Waals surface area (Å²) in [5.41, 5.74) is 1.98. The van der Waals surface area contributed by atoms with Crippen molar-refractivity contribution < 1.29 is 13.7 Å². The highest BCUT2D eigenvalue weighted by Crippen LogP contribution is 2.37. The largest absolute Gasteiger partial charge is 0.373 e. The highest BCUT2D eigenvalue weighted by molar-refractivity contribution is 5.68. The molecule has 1 saturated heterocycles. The van der Waals surface area contributed by atoms with Crippen LogP contribution in [0.1, 0.15) is 41.3 Å². The lowest BCUT2D eigenvalue weighted by atomic mass is 9.99. The summed E-state index contributed by atoms with van der Waals surface area (Å²) >= 11 is 0. The molecule has 1 fully saturated rings. The fourth-order valence-electron chi connectivity index (χ4n) is 3.68. The first kappa shape index (κ1) is 18.6. The SMILES string of the molecule is Cc1ccc([C@H]2CC(c3noc(Cn4cnc5ncn(C)c5c4=O)n3)CO2)cc1F. The molecule has 0 spiro atoms. The molecule has 0 amide bonds. The molecule has 0 N–H and O–H groups in total. The Hall–Kier alpha value is -3.40. The second kappa shape index (κ2) is 7.13. The van der Waals surface area contributed by atoms with E-state index in [0.29, 0.717) is 41.5 Å². The Morgan fingerprint density at radius 3 is 2.93 bits per heavy atom. The van der Waals surface area contributed by atoms with Gasteiger partial charge in [-0.2, -0.15) is 4.98 Å². The van der Waals surface area contributed by atoms with E-state index in [9.17, 15) is 9.18 Å². The van der Waals surface area contributed by atoms with Crippen molar-refractivity contribution in [1.29, 1.82) is 0 Å². The Bertz CT molecular complexity index is 1290. The van der Waals surface area contributed by atoms with Crippen LogP contribution in [0.15, 0.2) is 40.2 Å². The minimum Gasteiger partial charge on any atom is -0.373 e. The molecule has 30 heavy (non-hydrogen) atoms. The average Bonchev–Trinajstić information content (AvgIpc) is 3.46. The van der Waals surface area contributed by atoms with Crippen molar-refractivity contribution in [3.05, 3.63) is 69.9 Å². The first-order valence-corrected chi connectivity index (χ1v) is 9.56. The van der Waals surface area contributed by atoms with Crippen molar-refractivity contribution in [3.8, 4) is 0 Å². The molecule has 0 saturated carbocycles. The summed E-state index contributed by atoms with van der Waals surface area (Å²) in [6.07, 6.45) is 3.38. The van der Waals surface area contributed by atoms with Gasteiger partial charge in [0.25, 0.3) is 5.56 Å². The van der Waals surface area contributed by atoms with E-state index in [4.69, 9.17) is 9.26 Å². The Morgan fingerprint density at radius 2 is 2.10 bits per heavy atom. The van der Waals surface area contributed by atoms with E-state index in [2.05, 4.69) is 20.1 Å². The molecule has 0 aliphatic carbocycles. The number of benzene rings is 1. The lowest BCUT2D eigenvalue weighted by molar-refractivity contribution is 0.109. The number of hydrogen-bond donors (Lipinski definition) is 0. The molecule has 3 aromatic heterocycles. The number of hydrogen-bond acceptors (Lipinski definition) is 7. The molecular weight excluding hydrogens is 391 g/mol. The molecule has 4 aromatic rings. The zero-order chi connectivity index (χ0) is 20.8. The Morgan fingerprint density at radius 1 is 1.27 bits per heavy atom. The lowest BCUT2D eigenvalue weighted by Gasteiger charge is -2.10. The number of rotatable bonds is 4. The van der Waals surface area contributed by atoms with E-state index >= 15 is 0 Å². The summed E-state index contributed by atoms with van der Waals surface area (Å²) in [5.74, 6) is 0.514. The standard InChI is InChI=1S/C20H19FN6O3/c1-11-3-4-12(5-14(11)21)15-6-13(8-29-15)18-24-16(30-25-18)7-27-10-23-19-17(20(27)28)26(2)9-22-19/h3-5,9-10,13,15H,6-8H2,1-2H3/t13?,15-/m1/s1. The third kappa shape index (κ3) is 3.18. The van der Waals surface area contributed by atoms with E-state index in [1.165, 1.54) is 17.0 Å². The van der Waals surface area contributed by atoms with Crippen LogP contribution in [0.4, 0.5) is 4.39 Å². The van der Waals surface area contributed by atoms with Gasteiger partial charge < -0.3 is 13.8 Å². The van der Waals surface area contributed by atoms with Gasteiger partial charge >= 0.3 is 0 Å². The Balaban J connectivity index is 1.33. The van der Waals surface area contributed by atoms with Gasteiger partial charge in [0.05, 0.1) is 19.0 Å². The van der Waals surface area contributed by atoms with Crippen molar-refractivity contribution in [2.75, 3.05) is 6.61 Å². The van der Waals surface area contributed by atoms with Gasteiger partial charge in [0.2, 0.25) is 5.89 Å². The monoisotopic (exact) mass is 410 g/mol. The van der Waals surface area contributed by atoms with Crippen LogP contribution < -0.4 is 5.56 Å². The minimum atomic E-state index is -0.245. The number of halogens is 1. The number of imidazole rings is 1. The first-order valence-electron chi connectivity index (χ1n) is 9.56. The maximum atomic E-state index is 13.9. The van der Waals surface area contributed by atoms with Gasteiger partial charge in [-0.25, -0.2) is 14.4 Å². The number of aryl methyl sites for hydroxylation is 2. The molecule has 1 aliphatic rings. The quantitative estimate of drug-likeness (QED) is 0.509. The van der Waals surface area contributed by atoms with Crippen LogP contribution in [0.5, 0.6) is 0 Å². The van der Waals surface area contributed by atoms with Gasteiger partial charge in [-0.1, -0.05) is 17.3 Å². The molecule has 4 heterocycles. The van der Waals surface area contributed by atoms with E-state index < -0.39 is 0 Å². The molecule has 5 rings (SSSR count). The molecule has 1 unspecified atom stereocenters. The second-order valence-corrected chi connectivity index (χ2v) is 7.51. The van der Waals surface area contributed by atoms with Crippen LogP contribution >= 0.6 is 0 Å². The fraction of sp³-hybridized carbons (Fsp3) is 0.350. The zero-order valence-corrected chi connectivity index (χ0v) is 16.4. The van der Waals surface area contributed by atoms with E-state index in [0.717, 1.165) is 5.56 Å². The molecule has 154 valence electrons. The molecule has 0 bridgehead atoms. The Kier molecular flexibility index (Phi) is 4.43. The van der Waals surface area contributed by atoms with Crippen molar-refractivity contribution in [1.82, 2.24) is 29.2 Å². The summed E-state index contributed by atoms with van der Waals surface area (Å²) in [7, 11) is 1.74. The zero-order valence-electron chi connectivity index (χ0n) is 16.4. The molecular formula is C20H19FN6O3. The second-order valence-electron chi connectivity index (χ2n) is 7.51. The number of fused-ring (bicyclic) bond motifs is 1. The molecule has 2 atom stereocenters. The van der Waals surface area contributed by atoms with Crippen molar-refractivity contribution >= 4 is 11.2 Å². The molecule has 1 aliphatic heterocycles. The summed E-state index contributed by atoms with van der Waals surface area (Å²) < 4.78 is 28.1. The smallest absolute Gasteiger partial charge is 0.280 e. The maximum absolute atomic E-state index is 13.9. The summed E-state index contributed by atoms with van der Waals surface area (Å²) in [6, 6.07) is 5.14. The van der Waals surface area contributed by atoms with Crippen LogP contribution in [0.3, 0.4) is 0 Å². The summed E-state index contributed by atoms with van der Waals surface area (Å²) in [6.45, 7) is 2.26. The Labute approximate surface area is 170 Å². The molecule has 9 nitrogen and oxygen atoms in total. The minimum absolute atomic E-state index is 0.0636. The van der Waals surface area contributed by atoms with Crippen molar-refractivity contribution in [2.45, 2.75) is 31.9 Å². The molecule has 10 heteroatoms. The van der Waals surface area contributed by atoms with Gasteiger partial charge in [-0.3, -0.25) is 9.36 Å². The van der Waals surface area contributed by atoms with Gasteiger partial charge in [0.15, 0.2) is 17.0 Å². The fourth-order valence-corrected chi connectivity index (χ4v) is 3.68. The lowest BCUT2D eigenvalue weighted by Crippen LogP contribution is -2.22. The maximum Gasteiger partial charge on any atom is 0.280 e. The highest BCUT2D eigenvalue weighted by Gasteiger charge is 2.31. The van der Waals surface area contributed by atoms with Crippen molar-refractivity contribution in [2.24, 2.45) is 7.05 Å². The first-order chi connectivity index (χ1) is 14.5. The highest BCUT2D eigenvalue weighted by atomic mass is 19.1. The van der Waals surface area contributed by atoms with Crippen LogP contribution in [0.25, 0.3) is 11.2 Å².